The third-order valence-corrected chi connectivity index (χ3v) is 12.1. The number of carbonyl (C=O) groups is 2. The van der Waals surface area contributed by atoms with Crippen LogP contribution in [0, 0.1) is 40.4 Å². The maximum atomic E-state index is 14.4. The first-order valence-electron chi connectivity index (χ1n) is 14.5. The Kier molecular flexibility index (Phi) is 6.11. The molecule has 1 aromatic carbocycles. The van der Waals surface area contributed by atoms with Crippen LogP contribution in [0.15, 0.2) is 30.3 Å². The molecule has 0 amide bonds. The van der Waals surface area contributed by atoms with Crippen molar-refractivity contribution in [3.63, 3.8) is 0 Å². The summed E-state index contributed by atoms with van der Waals surface area (Å²) in [5.41, 5.74) is -1.80. The number of ketones is 1. The molecule has 218 valence electrons. The molecule has 40 heavy (non-hydrogen) atoms. The fourth-order valence-corrected chi connectivity index (χ4v) is 11.6. The molecule has 1 aliphatic heterocycles. The van der Waals surface area contributed by atoms with Gasteiger partial charge in [0.25, 0.3) is 0 Å². The molecule has 1 saturated heterocycles. The van der Waals surface area contributed by atoms with Crippen molar-refractivity contribution in [2.75, 3.05) is 48.6 Å². The minimum absolute atomic E-state index is 0.0244. The van der Waals surface area contributed by atoms with Crippen molar-refractivity contribution >= 4 is 11.8 Å². The van der Waals surface area contributed by atoms with Crippen LogP contribution in [0.4, 0.5) is 0 Å². The average Bonchev–Trinajstić information content (AvgIpc) is 3.30. The first kappa shape index (κ1) is 27.0. The molecule has 1 unspecified atom stereocenters. The number of benzene rings is 1. The summed E-state index contributed by atoms with van der Waals surface area (Å²) in [4.78, 5) is 30.3. The Labute approximate surface area is 235 Å². The first-order valence-corrected chi connectivity index (χ1v) is 14.5. The van der Waals surface area contributed by atoms with Crippen molar-refractivity contribution in [1.29, 1.82) is 0 Å². The van der Waals surface area contributed by atoms with Crippen molar-refractivity contribution in [3.8, 4) is 0 Å². The summed E-state index contributed by atoms with van der Waals surface area (Å²) in [6, 6.07) is 8.86. The molecule has 1 aromatic rings. The van der Waals surface area contributed by atoms with E-state index in [0.29, 0.717) is 18.6 Å². The Morgan fingerprint density at radius 3 is 2.48 bits per heavy atom. The quantitative estimate of drug-likeness (QED) is 0.505. The number of likely N-dealkylation sites (tertiary alicyclic amines) is 1. The van der Waals surface area contributed by atoms with Crippen LogP contribution in [0.2, 0.25) is 0 Å². The molecule has 7 bridgehead atoms. The molecule has 5 saturated carbocycles. The van der Waals surface area contributed by atoms with E-state index in [1.807, 2.05) is 6.07 Å². The molecule has 9 nitrogen and oxygen atoms in total. The van der Waals surface area contributed by atoms with E-state index in [4.69, 9.17) is 23.7 Å². The van der Waals surface area contributed by atoms with Gasteiger partial charge in [0.05, 0.1) is 24.4 Å². The van der Waals surface area contributed by atoms with Crippen LogP contribution < -0.4 is 0 Å². The van der Waals surface area contributed by atoms with E-state index in [9.17, 15) is 14.7 Å². The lowest BCUT2D eigenvalue weighted by Gasteiger charge is -2.67. The standard InChI is InChI=1S/C31H41NO8/c1-32-14-29(15-36-2)12-11-18(37-3)31-17-13-30(35)26(40-28(34)16-9-7-6-8-10-16)19(17)20(22(33)27(30)39-5)21(25(31)32)23(38-4)24(29)31/h6-10,17-21,23-27,35H,11-15H2,1-5H3/t17-,18+,19+,20+,21+,23+,24-,25?,26-,27-,29+,30-,31+/m1/s1. The van der Waals surface area contributed by atoms with Crippen molar-refractivity contribution in [2.24, 2.45) is 40.4 Å². The lowest BCUT2D eigenvalue weighted by atomic mass is 9.44. The normalized spacial score (nSPS) is 50.2. The van der Waals surface area contributed by atoms with Crippen LogP contribution in [0.3, 0.4) is 0 Å². The number of Topliss-reactive ketones (excluding diaryl/α,β-unsaturated/α-hetero) is 1. The summed E-state index contributed by atoms with van der Waals surface area (Å²) >= 11 is 0. The van der Waals surface area contributed by atoms with Gasteiger partial charge in [-0.2, -0.15) is 0 Å². The summed E-state index contributed by atoms with van der Waals surface area (Å²) in [6.07, 6.45) is -0.146. The molecule has 13 atom stereocenters. The topological polar surface area (TPSA) is 104 Å². The highest BCUT2D eigenvalue weighted by Crippen LogP contribution is 2.78. The second-order valence-corrected chi connectivity index (χ2v) is 13.3. The van der Waals surface area contributed by atoms with Gasteiger partial charge in [0.15, 0.2) is 5.78 Å². The van der Waals surface area contributed by atoms with Gasteiger partial charge in [-0.05, 0) is 44.4 Å². The molecular weight excluding hydrogens is 514 g/mol. The smallest absolute Gasteiger partial charge is 0.338 e. The van der Waals surface area contributed by atoms with E-state index in [0.717, 1.165) is 19.4 Å². The molecule has 0 aromatic heterocycles. The first-order chi connectivity index (χ1) is 19.2. The molecule has 1 heterocycles. The van der Waals surface area contributed by atoms with Crippen LogP contribution in [0.5, 0.6) is 0 Å². The molecule has 9 heteroatoms. The number of esters is 1. The van der Waals surface area contributed by atoms with Gasteiger partial charge in [0.1, 0.15) is 17.8 Å². The number of piperidine rings is 1. The zero-order valence-corrected chi connectivity index (χ0v) is 23.9. The monoisotopic (exact) mass is 555 g/mol. The van der Waals surface area contributed by atoms with Crippen LogP contribution in [0.25, 0.3) is 0 Å². The number of fused-ring (bicyclic) bond motifs is 2. The Morgan fingerprint density at radius 1 is 1.07 bits per heavy atom. The molecule has 1 spiro atoms. The molecule has 6 fully saturated rings. The van der Waals surface area contributed by atoms with Gasteiger partial charge in [-0.1, -0.05) is 18.2 Å². The lowest BCUT2D eigenvalue weighted by Crippen LogP contribution is -2.74. The molecule has 0 radical (unpaired) electrons. The van der Waals surface area contributed by atoms with Crippen LogP contribution in [-0.2, 0) is 28.5 Å². The summed E-state index contributed by atoms with van der Waals surface area (Å²) < 4.78 is 30.8. The predicted octanol–water partition coefficient (Wildman–Crippen LogP) is 1.81. The number of carbonyl (C=O) groups excluding carboxylic acids is 2. The largest absolute Gasteiger partial charge is 0.455 e. The zero-order chi connectivity index (χ0) is 28.2. The molecule has 7 rings (SSSR count). The van der Waals surface area contributed by atoms with E-state index >= 15 is 0 Å². The number of methoxy groups -OCH3 is 4. The number of hydrogen-bond donors (Lipinski definition) is 1. The van der Waals surface area contributed by atoms with Crippen molar-refractivity contribution in [1.82, 2.24) is 4.90 Å². The van der Waals surface area contributed by atoms with Crippen LogP contribution in [-0.4, -0.2) is 106 Å². The highest BCUT2D eigenvalue weighted by molar-refractivity contribution is 5.92. The Morgan fingerprint density at radius 2 is 1.82 bits per heavy atom. The lowest BCUT2D eigenvalue weighted by molar-refractivity contribution is -0.247. The van der Waals surface area contributed by atoms with Gasteiger partial charge in [-0.15, -0.1) is 0 Å². The van der Waals surface area contributed by atoms with Crippen molar-refractivity contribution < 1.29 is 38.4 Å². The van der Waals surface area contributed by atoms with E-state index in [2.05, 4.69) is 11.9 Å². The molecule has 1 N–H and O–H groups in total. The fourth-order valence-electron chi connectivity index (χ4n) is 11.6. The maximum Gasteiger partial charge on any atom is 0.338 e. The average molecular weight is 556 g/mol. The number of nitrogens with zero attached hydrogens (tertiary/aromatic N) is 1. The van der Waals surface area contributed by atoms with Crippen molar-refractivity contribution in [2.45, 2.75) is 55.3 Å². The van der Waals surface area contributed by atoms with E-state index in [1.54, 1.807) is 45.6 Å². The highest BCUT2D eigenvalue weighted by atomic mass is 16.6. The SMILES string of the molecule is COC[C@@]12CC[C@H](OC)[C@]34C([C@H]([C@H](OC)[C@H]13)[C@H]1C(=O)[C@@H](OC)[C@@]3(O)C[C@@H]4[C@@H]1[C@H]3OC(=O)c1ccccc1)N(C)C2. The van der Waals surface area contributed by atoms with Gasteiger partial charge in [0.2, 0.25) is 0 Å². The second-order valence-electron chi connectivity index (χ2n) is 13.3. The highest BCUT2D eigenvalue weighted by Gasteiger charge is 2.86. The Bertz CT molecular complexity index is 1200. The Hall–Kier alpha value is -1.88. The zero-order valence-electron chi connectivity index (χ0n) is 23.9. The van der Waals surface area contributed by atoms with Gasteiger partial charge in [-0.25, -0.2) is 4.79 Å². The van der Waals surface area contributed by atoms with Crippen LogP contribution in [0.1, 0.15) is 29.6 Å². The van der Waals surface area contributed by atoms with Crippen LogP contribution >= 0.6 is 0 Å². The summed E-state index contributed by atoms with van der Waals surface area (Å²) in [7, 11) is 8.93. The molecule has 5 aliphatic carbocycles. The Balaban J connectivity index is 1.43. The van der Waals surface area contributed by atoms with E-state index in [-0.39, 0.29) is 53.1 Å². The van der Waals surface area contributed by atoms with Crippen molar-refractivity contribution in [3.05, 3.63) is 35.9 Å². The van der Waals surface area contributed by atoms with Gasteiger partial charge in [-0.3, -0.25) is 4.79 Å². The summed E-state index contributed by atoms with van der Waals surface area (Å²) in [6.45, 7) is 1.44. The maximum absolute atomic E-state index is 14.4. The van der Waals surface area contributed by atoms with Gasteiger partial charge >= 0.3 is 5.97 Å². The summed E-state index contributed by atoms with van der Waals surface area (Å²) in [5, 5.41) is 12.4. The van der Waals surface area contributed by atoms with E-state index in [1.165, 1.54) is 7.11 Å². The third kappa shape index (κ3) is 2.99. The number of aliphatic hydroxyl groups is 1. The third-order valence-electron chi connectivity index (χ3n) is 12.1. The van der Waals surface area contributed by atoms with Gasteiger partial charge < -0.3 is 33.7 Å². The molecule has 6 aliphatic rings. The second kappa shape index (κ2) is 9.06. The fraction of sp³-hybridized carbons (Fsp3) is 0.742. The minimum Gasteiger partial charge on any atom is -0.455 e. The summed E-state index contributed by atoms with van der Waals surface area (Å²) in [5.74, 6) is -1.64. The predicted molar refractivity (Wildman–Crippen MR) is 142 cm³/mol. The number of ether oxygens (including phenoxy) is 5. The number of rotatable bonds is 7. The number of hydrogen-bond acceptors (Lipinski definition) is 9. The molecular formula is C31H41NO8. The van der Waals surface area contributed by atoms with E-state index < -0.39 is 35.1 Å². The van der Waals surface area contributed by atoms with Gasteiger partial charge in [0, 0.05) is 75.5 Å². The minimum atomic E-state index is -1.63.